The second-order valence-corrected chi connectivity index (χ2v) is 4.84. The summed E-state index contributed by atoms with van der Waals surface area (Å²) in [5, 5.41) is 10.9. The molecule has 0 heterocycles. The minimum atomic E-state index is -0.697. The van der Waals surface area contributed by atoms with Gasteiger partial charge in [0.05, 0.1) is 11.0 Å². The topological polar surface area (TPSA) is 78.4 Å². The summed E-state index contributed by atoms with van der Waals surface area (Å²) in [7, 11) is 0. The standard InChI is InChI=1S/C13H10BrFN2O3/c14-9-2-1-8(7-16)13(5-9)20-12-4-3-10(15)6-11(12)17(18)19/h1-6H,7,16H2. The number of halogens is 2. The van der Waals surface area contributed by atoms with Crippen molar-refractivity contribution in [1.29, 1.82) is 0 Å². The molecule has 0 radical (unpaired) electrons. The van der Waals surface area contributed by atoms with Crippen LogP contribution in [0.3, 0.4) is 0 Å². The van der Waals surface area contributed by atoms with E-state index in [1.54, 1.807) is 18.2 Å². The first-order valence-electron chi connectivity index (χ1n) is 5.61. The summed E-state index contributed by atoms with van der Waals surface area (Å²) >= 11 is 3.28. The van der Waals surface area contributed by atoms with Gasteiger partial charge in [0, 0.05) is 16.6 Å². The van der Waals surface area contributed by atoms with Crippen molar-refractivity contribution in [3.8, 4) is 11.5 Å². The third kappa shape index (κ3) is 3.12. The van der Waals surface area contributed by atoms with Crippen LogP contribution in [0.1, 0.15) is 5.56 Å². The highest BCUT2D eigenvalue weighted by Crippen LogP contribution is 2.34. The Morgan fingerprint density at radius 3 is 2.65 bits per heavy atom. The highest BCUT2D eigenvalue weighted by Gasteiger charge is 2.18. The Bertz CT molecular complexity index is 664. The molecule has 5 nitrogen and oxygen atoms in total. The molecular formula is C13H10BrFN2O3. The molecule has 2 N–H and O–H groups in total. The van der Waals surface area contributed by atoms with E-state index >= 15 is 0 Å². The maximum atomic E-state index is 13.1. The number of benzene rings is 2. The average molecular weight is 341 g/mol. The van der Waals surface area contributed by atoms with Crippen molar-refractivity contribution in [3.05, 3.63) is 62.4 Å². The molecule has 0 bridgehead atoms. The number of hydrogen-bond donors (Lipinski definition) is 1. The largest absolute Gasteiger partial charge is 0.450 e. The lowest BCUT2D eigenvalue weighted by Gasteiger charge is -2.10. The summed E-state index contributed by atoms with van der Waals surface area (Å²) < 4.78 is 19.3. The van der Waals surface area contributed by atoms with Gasteiger partial charge in [0.15, 0.2) is 0 Å². The van der Waals surface area contributed by atoms with Crippen LogP contribution in [-0.4, -0.2) is 4.92 Å². The lowest BCUT2D eigenvalue weighted by molar-refractivity contribution is -0.385. The molecule has 0 spiro atoms. The first-order valence-corrected chi connectivity index (χ1v) is 6.41. The fourth-order valence-electron chi connectivity index (χ4n) is 1.63. The van der Waals surface area contributed by atoms with E-state index in [0.29, 0.717) is 11.3 Å². The molecule has 0 amide bonds. The van der Waals surface area contributed by atoms with Crippen molar-refractivity contribution >= 4 is 21.6 Å². The van der Waals surface area contributed by atoms with Crippen LogP contribution >= 0.6 is 15.9 Å². The SMILES string of the molecule is NCc1ccc(Br)cc1Oc1ccc(F)cc1[N+](=O)[O-]. The van der Waals surface area contributed by atoms with Gasteiger partial charge in [-0.05, 0) is 24.3 Å². The van der Waals surface area contributed by atoms with Gasteiger partial charge < -0.3 is 10.5 Å². The summed E-state index contributed by atoms with van der Waals surface area (Å²) in [5.41, 5.74) is 5.84. The van der Waals surface area contributed by atoms with Crippen LogP contribution in [0, 0.1) is 15.9 Å². The summed E-state index contributed by atoms with van der Waals surface area (Å²) in [6.45, 7) is 0.220. The molecule has 7 heteroatoms. The predicted molar refractivity (Wildman–Crippen MR) is 75.2 cm³/mol. The number of ether oxygens (including phenoxy) is 1. The van der Waals surface area contributed by atoms with Crippen LogP contribution in [0.2, 0.25) is 0 Å². The number of nitro groups is 1. The normalized spacial score (nSPS) is 10.3. The van der Waals surface area contributed by atoms with E-state index < -0.39 is 16.4 Å². The molecule has 0 aliphatic rings. The van der Waals surface area contributed by atoms with Gasteiger partial charge in [-0.25, -0.2) is 4.39 Å². The molecular weight excluding hydrogens is 331 g/mol. The van der Waals surface area contributed by atoms with Crippen LogP contribution in [0.5, 0.6) is 11.5 Å². The number of nitro benzene ring substituents is 1. The predicted octanol–water partition coefficient (Wildman–Crippen LogP) is 3.75. The molecule has 2 aromatic carbocycles. The van der Waals surface area contributed by atoms with Gasteiger partial charge in [0.2, 0.25) is 5.75 Å². The first kappa shape index (κ1) is 14.4. The van der Waals surface area contributed by atoms with Crippen molar-refractivity contribution in [2.24, 2.45) is 5.73 Å². The van der Waals surface area contributed by atoms with Crippen LogP contribution in [0.4, 0.5) is 10.1 Å². The minimum Gasteiger partial charge on any atom is -0.450 e. The molecule has 0 unspecified atom stereocenters. The molecule has 0 saturated heterocycles. The van der Waals surface area contributed by atoms with Gasteiger partial charge in [0.25, 0.3) is 0 Å². The van der Waals surface area contributed by atoms with Crippen LogP contribution in [-0.2, 0) is 6.54 Å². The van der Waals surface area contributed by atoms with E-state index in [-0.39, 0.29) is 12.3 Å². The van der Waals surface area contributed by atoms with Gasteiger partial charge >= 0.3 is 5.69 Å². The maximum Gasteiger partial charge on any atom is 0.314 e. The summed E-state index contributed by atoms with van der Waals surface area (Å²) in [6, 6.07) is 8.31. The minimum absolute atomic E-state index is 0.0378. The Morgan fingerprint density at radius 2 is 2.00 bits per heavy atom. The third-order valence-corrected chi connectivity index (χ3v) is 3.08. The molecule has 0 atom stereocenters. The fourth-order valence-corrected chi connectivity index (χ4v) is 1.97. The fraction of sp³-hybridized carbons (Fsp3) is 0.0769. The highest BCUT2D eigenvalue weighted by molar-refractivity contribution is 9.10. The van der Waals surface area contributed by atoms with Crippen molar-refractivity contribution < 1.29 is 14.1 Å². The summed E-state index contributed by atoms with van der Waals surface area (Å²) in [4.78, 5) is 10.2. The Hall–Kier alpha value is -1.99. The quantitative estimate of drug-likeness (QED) is 0.679. The second kappa shape index (κ2) is 5.98. The smallest absolute Gasteiger partial charge is 0.314 e. The van der Waals surface area contributed by atoms with E-state index in [1.807, 2.05) is 0 Å². The van der Waals surface area contributed by atoms with Crippen molar-refractivity contribution in [2.75, 3.05) is 0 Å². The maximum absolute atomic E-state index is 13.1. The van der Waals surface area contributed by atoms with E-state index in [9.17, 15) is 14.5 Å². The zero-order chi connectivity index (χ0) is 14.7. The molecule has 20 heavy (non-hydrogen) atoms. The van der Waals surface area contributed by atoms with Crippen LogP contribution in [0.25, 0.3) is 0 Å². The number of hydrogen-bond acceptors (Lipinski definition) is 4. The second-order valence-electron chi connectivity index (χ2n) is 3.93. The van der Waals surface area contributed by atoms with E-state index in [0.717, 1.165) is 16.6 Å². The van der Waals surface area contributed by atoms with Gasteiger partial charge in [-0.2, -0.15) is 0 Å². The van der Waals surface area contributed by atoms with Crippen molar-refractivity contribution in [2.45, 2.75) is 6.54 Å². The molecule has 0 fully saturated rings. The Balaban J connectivity index is 2.44. The zero-order valence-corrected chi connectivity index (χ0v) is 11.8. The van der Waals surface area contributed by atoms with Crippen LogP contribution in [0.15, 0.2) is 40.9 Å². The molecule has 2 rings (SSSR count). The lowest BCUT2D eigenvalue weighted by atomic mass is 10.2. The van der Waals surface area contributed by atoms with Gasteiger partial charge in [-0.15, -0.1) is 0 Å². The van der Waals surface area contributed by atoms with E-state index in [4.69, 9.17) is 10.5 Å². The molecule has 0 aromatic heterocycles. The molecule has 0 saturated carbocycles. The number of rotatable bonds is 4. The molecule has 2 aromatic rings. The van der Waals surface area contributed by atoms with Crippen LogP contribution < -0.4 is 10.5 Å². The third-order valence-electron chi connectivity index (χ3n) is 2.59. The molecule has 0 aliphatic heterocycles. The molecule has 0 aliphatic carbocycles. The summed E-state index contributed by atoms with van der Waals surface area (Å²) in [6.07, 6.45) is 0. The van der Waals surface area contributed by atoms with Gasteiger partial charge in [0.1, 0.15) is 11.6 Å². The van der Waals surface area contributed by atoms with Crippen molar-refractivity contribution in [3.63, 3.8) is 0 Å². The Morgan fingerprint density at radius 1 is 1.25 bits per heavy atom. The number of nitrogens with two attached hydrogens (primary N) is 1. The lowest BCUT2D eigenvalue weighted by Crippen LogP contribution is -2.01. The zero-order valence-electron chi connectivity index (χ0n) is 10.2. The van der Waals surface area contributed by atoms with E-state index in [2.05, 4.69) is 15.9 Å². The van der Waals surface area contributed by atoms with Gasteiger partial charge in [-0.3, -0.25) is 10.1 Å². The van der Waals surface area contributed by atoms with Crippen molar-refractivity contribution in [1.82, 2.24) is 0 Å². The number of nitrogens with zero attached hydrogens (tertiary/aromatic N) is 1. The molecule has 104 valence electrons. The van der Waals surface area contributed by atoms with E-state index in [1.165, 1.54) is 6.07 Å². The summed E-state index contributed by atoms with van der Waals surface area (Å²) in [5.74, 6) is -0.349. The highest BCUT2D eigenvalue weighted by atomic mass is 79.9. The Kier molecular flexibility index (Phi) is 4.31. The Labute approximate surface area is 122 Å². The van der Waals surface area contributed by atoms with Gasteiger partial charge in [-0.1, -0.05) is 22.0 Å². The average Bonchev–Trinajstić information content (AvgIpc) is 2.41. The first-order chi connectivity index (χ1) is 9.51. The monoisotopic (exact) mass is 340 g/mol.